The second-order valence-corrected chi connectivity index (χ2v) is 4.80. The van der Waals surface area contributed by atoms with Gasteiger partial charge in [-0.15, -0.1) is 0 Å². The van der Waals surface area contributed by atoms with Gasteiger partial charge in [-0.25, -0.2) is 9.18 Å². The van der Waals surface area contributed by atoms with Gasteiger partial charge in [0.05, 0.1) is 17.1 Å². The molecule has 0 aliphatic carbocycles. The molecular weight excluding hydrogens is 233 g/mol. The highest BCUT2D eigenvalue weighted by Gasteiger charge is 2.25. The lowest BCUT2D eigenvalue weighted by Gasteiger charge is -2.14. The van der Waals surface area contributed by atoms with Gasteiger partial charge < -0.3 is 9.88 Å². The fraction of sp³-hybridized carbons (Fsp3) is 0.462. The lowest BCUT2D eigenvalue weighted by molar-refractivity contribution is 0.341. The van der Waals surface area contributed by atoms with E-state index in [9.17, 15) is 9.18 Å². The zero-order chi connectivity index (χ0) is 12.7. The molecule has 1 unspecified atom stereocenters. The van der Waals surface area contributed by atoms with E-state index in [1.54, 1.807) is 10.6 Å². The Morgan fingerprint density at radius 3 is 3.06 bits per heavy atom. The predicted octanol–water partition coefficient (Wildman–Crippen LogP) is 1.74. The average Bonchev–Trinajstić information content (AvgIpc) is 2.92. The summed E-state index contributed by atoms with van der Waals surface area (Å²) in [6.07, 6.45) is 0.942. The largest absolute Gasteiger partial charge is 0.326 e. The first-order valence-corrected chi connectivity index (χ1v) is 6.31. The number of halogens is 1. The number of benzene rings is 1. The van der Waals surface area contributed by atoms with Gasteiger partial charge in [-0.05, 0) is 31.2 Å². The van der Waals surface area contributed by atoms with Crippen molar-refractivity contribution in [1.29, 1.82) is 0 Å². The molecule has 96 valence electrons. The SMILES string of the molecule is CCN1CCC(n2c(=O)[nH]c3ccc(F)cc32)C1. The first kappa shape index (κ1) is 11.5. The van der Waals surface area contributed by atoms with Crippen molar-refractivity contribution in [2.24, 2.45) is 0 Å². The Balaban J connectivity index is 2.08. The van der Waals surface area contributed by atoms with Gasteiger partial charge in [0.1, 0.15) is 5.82 Å². The summed E-state index contributed by atoms with van der Waals surface area (Å²) in [5, 5.41) is 0. The molecule has 1 N–H and O–H groups in total. The first-order valence-electron chi connectivity index (χ1n) is 6.31. The van der Waals surface area contributed by atoms with Gasteiger partial charge in [0.25, 0.3) is 0 Å². The summed E-state index contributed by atoms with van der Waals surface area (Å²) in [7, 11) is 0. The zero-order valence-electron chi connectivity index (χ0n) is 10.3. The molecule has 4 nitrogen and oxygen atoms in total. The minimum atomic E-state index is -0.305. The Hall–Kier alpha value is -1.62. The smallest absolute Gasteiger partial charge is 0.306 e. The van der Waals surface area contributed by atoms with Crippen LogP contribution in [0.4, 0.5) is 4.39 Å². The Morgan fingerprint density at radius 2 is 2.33 bits per heavy atom. The highest BCUT2D eigenvalue weighted by atomic mass is 19.1. The summed E-state index contributed by atoms with van der Waals surface area (Å²) >= 11 is 0. The van der Waals surface area contributed by atoms with Crippen LogP contribution in [0.3, 0.4) is 0 Å². The first-order chi connectivity index (χ1) is 8.69. The maximum Gasteiger partial charge on any atom is 0.326 e. The van der Waals surface area contributed by atoms with Crippen molar-refractivity contribution in [2.75, 3.05) is 19.6 Å². The van der Waals surface area contributed by atoms with Crippen LogP contribution in [-0.2, 0) is 0 Å². The van der Waals surface area contributed by atoms with Crippen molar-refractivity contribution in [3.8, 4) is 0 Å². The Kier molecular flexibility index (Phi) is 2.70. The number of nitrogens with one attached hydrogen (secondary N) is 1. The molecule has 1 aromatic heterocycles. The third-order valence-corrected chi connectivity index (χ3v) is 3.74. The van der Waals surface area contributed by atoms with Crippen molar-refractivity contribution >= 4 is 11.0 Å². The lowest BCUT2D eigenvalue weighted by Crippen LogP contribution is -2.26. The van der Waals surface area contributed by atoms with Crippen molar-refractivity contribution in [1.82, 2.24) is 14.5 Å². The average molecular weight is 249 g/mol. The molecule has 5 heteroatoms. The van der Waals surface area contributed by atoms with Crippen LogP contribution in [0, 0.1) is 5.82 Å². The van der Waals surface area contributed by atoms with E-state index in [2.05, 4.69) is 16.8 Å². The summed E-state index contributed by atoms with van der Waals surface area (Å²) in [5.74, 6) is -0.305. The van der Waals surface area contributed by atoms with E-state index in [-0.39, 0.29) is 17.5 Å². The lowest BCUT2D eigenvalue weighted by atomic mass is 10.2. The van der Waals surface area contributed by atoms with E-state index in [0.717, 1.165) is 26.1 Å². The van der Waals surface area contributed by atoms with Gasteiger partial charge in [0.15, 0.2) is 0 Å². The standard InChI is InChI=1S/C13H16FN3O/c1-2-16-6-5-10(8-16)17-12-7-9(14)3-4-11(12)15-13(17)18/h3-4,7,10H,2,5-6,8H2,1H3,(H,15,18). The number of imidazole rings is 1. The number of aromatic nitrogens is 2. The van der Waals surface area contributed by atoms with Crippen LogP contribution in [0.1, 0.15) is 19.4 Å². The molecule has 1 aromatic carbocycles. The van der Waals surface area contributed by atoms with Crippen LogP contribution in [0.5, 0.6) is 0 Å². The van der Waals surface area contributed by atoms with Crippen LogP contribution >= 0.6 is 0 Å². The summed E-state index contributed by atoms with van der Waals surface area (Å²) < 4.78 is 15.0. The minimum absolute atomic E-state index is 0.140. The maximum atomic E-state index is 13.3. The number of likely N-dealkylation sites (N-methyl/N-ethyl adjacent to an activating group) is 1. The van der Waals surface area contributed by atoms with E-state index in [4.69, 9.17) is 0 Å². The quantitative estimate of drug-likeness (QED) is 0.880. The fourth-order valence-electron chi connectivity index (χ4n) is 2.77. The second kappa shape index (κ2) is 4.24. The molecule has 1 aliphatic rings. The van der Waals surface area contributed by atoms with Gasteiger partial charge in [-0.1, -0.05) is 6.92 Å². The molecule has 1 atom stereocenters. The van der Waals surface area contributed by atoms with Crippen LogP contribution in [0.15, 0.2) is 23.0 Å². The molecule has 2 heterocycles. The highest BCUT2D eigenvalue weighted by molar-refractivity contribution is 5.75. The van der Waals surface area contributed by atoms with Gasteiger partial charge in [-0.2, -0.15) is 0 Å². The molecule has 0 radical (unpaired) electrons. The number of fused-ring (bicyclic) bond motifs is 1. The minimum Gasteiger partial charge on any atom is -0.306 e. The number of nitrogens with zero attached hydrogens (tertiary/aromatic N) is 2. The Morgan fingerprint density at radius 1 is 1.50 bits per heavy atom. The summed E-state index contributed by atoms with van der Waals surface area (Å²) in [5.41, 5.74) is 1.23. The van der Waals surface area contributed by atoms with Crippen LogP contribution in [0.25, 0.3) is 11.0 Å². The predicted molar refractivity (Wildman–Crippen MR) is 68.3 cm³/mol. The number of hydrogen-bond donors (Lipinski definition) is 1. The molecule has 2 aromatic rings. The molecule has 0 bridgehead atoms. The molecule has 18 heavy (non-hydrogen) atoms. The molecular formula is C13H16FN3O. The maximum absolute atomic E-state index is 13.3. The molecule has 0 saturated carbocycles. The van der Waals surface area contributed by atoms with Crippen molar-refractivity contribution < 1.29 is 4.39 Å². The molecule has 1 aliphatic heterocycles. The summed E-state index contributed by atoms with van der Waals surface area (Å²) in [6.45, 7) is 4.96. The van der Waals surface area contributed by atoms with E-state index in [1.807, 2.05) is 0 Å². The number of rotatable bonds is 2. The number of likely N-dealkylation sites (tertiary alicyclic amines) is 1. The van der Waals surface area contributed by atoms with Gasteiger partial charge >= 0.3 is 5.69 Å². The monoisotopic (exact) mass is 249 g/mol. The highest BCUT2D eigenvalue weighted by Crippen LogP contribution is 2.24. The van der Waals surface area contributed by atoms with Gasteiger partial charge in [0, 0.05) is 13.1 Å². The van der Waals surface area contributed by atoms with E-state index < -0.39 is 0 Å². The van der Waals surface area contributed by atoms with Crippen LogP contribution < -0.4 is 5.69 Å². The van der Waals surface area contributed by atoms with E-state index in [0.29, 0.717) is 11.0 Å². The number of H-pyrrole nitrogens is 1. The molecule has 1 saturated heterocycles. The summed E-state index contributed by atoms with van der Waals surface area (Å²) in [4.78, 5) is 17.1. The third-order valence-electron chi connectivity index (χ3n) is 3.74. The van der Waals surface area contributed by atoms with Crippen molar-refractivity contribution in [2.45, 2.75) is 19.4 Å². The summed E-state index contributed by atoms with van der Waals surface area (Å²) in [6, 6.07) is 4.57. The van der Waals surface area contributed by atoms with E-state index >= 15 is 0 Å². The van der Waals surface area contributed by atoms with Crippen molar-refractivity contribution in [3.05, 3.63) is 34.5 Å². The number of hydrogen-bond acceptors (Lipinski definition) is 2. The van der Waals surface area contributed by atoms with Crippen molar-refractivity contribution in [3.63, 3.8) is 0 Å². The van der Waals surface area contributed by atoms with Gasteiger partial charge in [0.2, 0.25) is 0 Å². The Labute approximate surface area is 104 Å². The Bertz CT molecular complexity index is 631. The normalized spacial score (nSPS) is 20.9. The van der Waals surface area contributed by atoms with Crippen LogP contribution in [0.2, 0.25) is 0 Å². The molecule has 3 rings (SSSR count). The molecule has 0 spiro atoms. The second-order valence-electron chi connectivity index (χ2n) is 4.80. The third kappa shape index (κ3) is 1.75. The van der Waals surface area contributed by atoms with E-state index in [1.165, 1.54) is 12.1 Å². The topological polar surface area (TPSA) is 41.0 Å². The van der Waals surface area contributed by atoms with Gasteiger partial charge in [-0.3, -0.25) is 4.57 Å². The van der Waals surface area contributed by atoms with Crippen LogP contribution in [-0.4, -0.2) is 34.1 Å². The number of aromatic amines is 1. The fourth-order valence-corrected chi connectivity index (χ4v) is 2.77. The zero-order valence-corrected chi connectivity index (χ0v) is 10.3. The molecule has 1 fully saturated rings. The molecule has 0 amide bonds.